The molecular formula is C11H15N3O3S. The standard InChI is InChI=1S/C11H15N3O3S/c1-7-13-8(6-18-7)5-12-11(17)14-4-2-3-9(14)10(15)16/h6,9H,2-5H2,1H3,(H,12,17)(H,15,16). The van der Waals surface area contributed by atoms with Crippen molar-refractivity contribution in [2.75, 3.05) is 6.54 Å². The molecule has 1 aromatic rings. The molecule has 1 aliphatic rings. The summed E-state index contributed by atoms with van der Waals surface area (Å²) in [6.45, 7) is 2.74. The van der Waals surface area contributed by atoms with Crippen molar-refractivity contribution in [1.29, 1.82) is 0 Å². The van der Waals surface area contributed by atoms with Crippen LogP contribution in [-0.4, -0.2) is 39.6 Å². The fraction of sp³-hybridized carbons (Fsp3) is 0.545. The van der Waals surface area contributed by atoms with Crippen LogP contribution in [0.5, 0.6) is 0 Å². The minimum absolute atomic E-state index is 0.328. The van der Waals surface area contributed by atoms with E-state index in [1.54, 1.807) is 0 Å². The molecule has 0 radical (unpaired) electrons. The third-order valence-corrected chi connectivity index (χ3v) is 3.71. The second kappa shape index (κ2) is 5.34. The first kappa shape index (κ1) is 12.8. The molecule has 0 aliphatic carbocycles. The van der Waals surface area contributed by atoms with Gasteiger partial charge in [0.25, 0.3) is 0 Å². The predicted molar refractivity (Wildman–Crippen MR) is 66.5 cm³/mol. The quantitative estimate of drug-likeness (QED) is 0.864. The van der Waals surface area contributed by atoms with Gasteiger partial charge in [0, 0.05) is 11.9 Å². The van der Waals surface area contributed by atoms with Crippen molar-refractivity contribution < 1.29 is 14.7 Å². The second-order valence-electron chi connectivity index (χ2n) is 4.21. The van der Waals surface area contributed by atoms with E-state index in [-0.39, 0.29) is 6.03 Å². The molecule has 1 aliphatic heterocycles. The molecule has 0 spiro atoms. The highest BCUT2D eigenvalue weighted by molar-refractivity contribution is 7.09. The van der Waals surface area contributed by atoms with Crippen molar-refractivity contribution in [3.63, 3.8) is 0 Å². The number of aryl methyl sites for hydroxylation is 1. The molecular weight excluding hydrogens is 254 g/mol. The van der Waals surface area contributed by atoms with Crippen LogP contribution in [-0.2, 0) is 11.3 Å². The molecule has 2 rings (SSSR count). The zero-order valence-electron chi connectivity index (χ0n) is 10.0. The van der Waals surface area contributed by atoms with Crippen LogP contribution in [0.4, 0.5) is 4.79 Å². The van der Waals surface area contributed by atoms with Crippen LogP contribution in [0.3, 0.4) is 0 Å². The molecule has 1 aromatic heterocycles. The van der Waals surface area contributed by atoms with E-state index in [0.29, 0.717) is 19.5 Å². The number of nitrogens with one attached hydrogen (secondary N) is 1. The summed E-state index contributed by atoms with van der Waals surface area (Å²) in [6.07, 6.45) is 1.26. The highest BCUT2D eigenvalue weighted by atomic mass is 32.1. The smallest absolute Gasteiger partial charge is 0.326 e. The van der Waals surface area contributed by atoms with E-state index in [1.807, 2.05) is 12.3 Å². The van der Waals surface area contributed by atoms with Crippen molar-refractivity contribution in [2.24, 2.45) is 0 Å². The number of aromatic nitrogens is 1. The van der Waals surface area contributed by atoms with Gasteiger partial charge < -0.3 is 15.3 Å². The maximum Gasteiger partial charge on any atom is 0.326 e. The van der Waals surface area contributed by atoms with Gasteiger partial charge in [-0.1, -0.05) is 0 Å². The van der Waals surface area contributed by atoms with E-state index < -0.39 is 12.0 Å². The van der Waals surface area contributed by atoms with Gasteiger partial charge in [-0.05, 0) is 19.8 Å². The Labute approximate surface area is 109 Å². The van der Waals surface area contributed by atoms with Crippen LogP contribution in [0.1, 0.15) is 23.5 Å². The van der Waals surface area contributed by atoms with E-state index in [0.717, 1.165) is 17.1 Å². The summed E-state index contributed by atoms with van der Waals surface area (Å²) in [7, 11) is 0. The lowest BCUT2D eigenvalue weighted by Crippen LogP contribution is -2.45. The average Bonchev–Trinajstić information content (AvgIpc) is 2.94. The summed E-state index contributed by atoms with van der Waals surface area (Å²) >= 11 is 1.52. The predicted octanol–water partition coefficient (Wildman–Crippen LogP) is 1.21. The van der Waals surface area contributed by atoms with Gasteiger partial charge >= 0.3 is 12.0 Å². The fourth-order valence-corrected chi connectivity index (χ4v) is 2.64. The first-order valence-electron chi connectivity index (χ1n) is 5.76. The number of hydrogen-bond donors (Lipinski definition) is 2. The second-order valence-corrected chi connectivity index (χ2v) is 5.27. The number of carbonyl (C=O) groups excluding carboxylic acids is 1. The van der Waals surface area contributed by atoms with Crippen molar-refractivity contribution in [3.05, 3.63) is 16.1 Å². The normalized spacial score (nSPS) is 18.9. The molecule has 1 fully saturated rings. The highest BCUT2D eigenvalue weighted by Crippen LogP contribution is 2.17. The third-order valence-electron chi connectivity index (χ3n) is 2.89. The molecule has 0 aromatic carbocycles. The molecule has 98 valence electrons. The molecule has 18 heavy (non-hydrogen) atoms. The largest absolute Gasteiger partial charge is 0.480 e. The summed E-state index contributed by atoms with van der Waals surface area (Å²) in [5.74, 6) is -0.938. The zero-order valence-corrected chi connectivity index (χ0v) is 10.9. The Morgan fingerprint density at radius 2 is 2.44 bits per heavy atom. The van der Waals surface area contributed by atoms with Gasteiger partial charge in [-0.15, -0.1) is 11.3 Å². The molecule has 0 saturated carbocycles. The van der Waals surface area contributed by atoms with Crippen LogP contribution < -0.4 is 5.32 Å². The number of amides is 2. The Balaban J connectivity index is 1.89. The molecule has 1 unspecified atom stereocenters. The molecule has 2 heterocycles. The molecule has 2 amide bonds. The van der Waals surface area contributed by atoms with Gasteiger partial charge in [-0.2, -0.15) is 0 Å². The molecule has 1 atom stereocenters. The number of urea groups is 1. The first-order chi connectivity index (χ1) is 8.58. The maximum absolute atomic E-state index is 11.9. The van der Waals surface area contributed by atoms with E-state index in [4.69, 9.17) is 5.11 Å². The first-order valence-corrected chi connectivity index (χ1v) is 6.64. The topological polar surface area (TPSA) is 82.5 Å². The molecule has 2 N–H and O–H groups in total. The lowest BCUT2D eigenvalue weighted by molar-refractivity contribution is -0.141. The van der Waals surface area contributed by atoms with Crippen molar-refractivity contribution >= 4 is 23.3 Å². The molecule has 6 nitrogen and oxygen atoms in total. The van der Waals surface area contributed by atoms with Gasteiger partial charge in [-0.3, -0.25) is 0 Å². The molecule has 1 saturated heterocycles. The maximum atomic E-state index is 11.9. The monoisotopic (exact) mass is 269 g/mol. The number of carbonyl (C=O) groups is 2. The van der Waals surface area contributed by atoms with Crippen LogP contribution in [0, 0.1) is 6.92 Å². The van der Waals surface area contributed by atoms with Gasteiger partial charge in [0.05, 0.1) is 17.2 Å². The Morgan fingerprint density at radius 3 is 3.06 bits per heavy atom. The minimum atomic E-state index is -0.938. The zero-order chi connectivity index (χ0) is 13.1. The summed E-state index contributed by atoms with van der Waals surface area (Å²) < 4.78 is 0. The number of hydrogen-bond acceptors (Lipinski definition) is 4. The van der Waals surface area contributed by atoms with Crippen LogP contribution in [0.2, 0.25) is 0 Å². The molecule has 7 heteroatoms. The number of carboxylic acids is 1. The minimum Gasteiger partial charge on any atom is -0.480 e. The Bertz CT molecular complexity index is 460. The van der Waals surface area contributed by atoms with E-state index in [2.05, 4.69) is 10.3 Å². The number of aliphatic carboxylic acids is 1. The number of carboxylic acid groups (broad SMARTS) is 1. The fourth-order valence-electron chi connectivity index (χ4n) is 2.02. The Morgan fingerprint density at radius 1 is 1.67 bits per heavy atom. The summed E-state index contributed by atoms with van der Waals surface area (Å²) in [5, 5.41) is 14.5. The number of thiazole rings is 1. The summed E-state index contributed by atoms with van der Waals surface area (Å²) in [4.78, 5) is 28.4. The number of likely N-dealkylation sites (tertiary alicyclic amines) is 1. The van der Waals surface area contributed by atoms with Crippen LogP contribution in [0.15, 0.2) is 5.38 Å². The SMILES string of the molecule is Cc1nc(CNC(=O)N2CCCC2C(=O)O)cs1. The van der Waals surface area contributed by atoms with Crippen molar-refractivity contribution in [3.8, 4) is 0 Å². The van der Waals surface area contributed by atoms with Gasteiger partial charge in [0.1, 0.15) is 6.04 Å². The number of nitrogens with zero attached hydrogens (tertiary/aromatic N) is 2. The van der Waals surface area contributed by atoms with Gasteiger partial charge in [0.2, 0.25) is 0 Å². The van der Waals surface area contributed by atoms with Crippen molar-refractivity contribution in [1.82, 2.24) is 15.2 Å². The van der Waals surface area contributed by atoms with E-state index in [9.17, 15) is 9.59 Å². The van der Waals surface area contributed by atoms with Gasteiger partial charge in [-0.25, -0.2) is 14.6 Å². The summed E-state index contributed by atoms with van der Waals surface area (Å²) in [5.41, 5.74) is 0.803. The lowest BCUT2D eigenvalue weighted by atomic mass is 10.2. The highest BCUT2D eigenvalue weighted by Gasteiger charge is 2.33. The number of rotatable bonds is 3. The Kier molecular flexibility index (Phi) is 3.81. The van der Waals surface area contributed by atoms with Gasteiger partial charge in [0.15, 0.2) is 0 Å². The Hall–Kier alpha value is -1.63. The van der Waals surface area contributed by atoms with Crippen LogP contribution >= 0.6 is 11.3 Å². The third kappa shape index (κ3) is 2.79. The average molecular weight is 269 g/mol. The van der Waals surface area contributed by atoms with Crippen molar-refractivity contribution in [2.45, 2.75) is 32.4 Å². The van der Waals surface area contributed by atoms with Crippen LogP contribution in [0.25, 0.3) is 0 Å². The summed E-state index contributed by atoms with van der Waals surface area (Å²) in [6, 6.07) is -1.02. The lowest BCUT2D eigenvalue weighted by Gasteiger charge is -2.21. The molecule has 0 bridgehead atoms. The van der Waals surface area contributed by atoms with E-state index >= 15 is 0 Å². The van der Waals surface area contributed by atoms with E-state index in [1.165, 1.54) is 16.2 Å².